The minimum absolute atomic E-state index is 0.0858. The molecule has 6 nitrogen and oxygen atoms in total. The van der Waals surface area contributed by atoms with E-state index in [9.17, 15) is 24.6 Å². The molecule has 0 heterocycles. The topological polar surface area (TPSA) is 104 Å². The Hall–Kier alpha value is -2.80. The summed E-state index contributed by atoms with van der Waals surface area (Å²) in [6.07, 6.45) is 0.0909. The molecule has 0 aliphatic rings. The van der Waals surface area contributed by atoms with Crippen LogP contribution in [0.15, 0.2) is 54.6 Å². The summed E-state index contributed by atoms with van der Waals surface area (Å²) in [5, 5.41) is 21.5. The molecule has 0 radical (unpaired) electrons. The van der Waals surface area contributed by atoms with Gasteiger partial charge in [-0.05, 0) is 29.2 Å². The van der Waals surface area contributed by atoms with Crippen molar-refractivity contribution in [2.24, 2.45) is 5.92 Å². The molecule has 7 heteroatoms. The summed E-state index contributed by atoms with van der Waals surface area (Å²) in [7, 11) is 0. The maximum absolute atomic E-state index is 13.0. The number of carboxylic acid groups (broad SMARTS) is 1. The van der Waals surface area contributed by atoms with Crippen molar-refractivity contribution in [2.45, 2.75) is 32.2 Å². The first-order valence-corrected chi connectivity index (χ1v) is 10.3. The molecule has 0 saturated carbocycles. The Labute approximate surface area is 174 Å². The Morgan fingerprint density at radius 3 is 2.21 bits per heavy atom. The molecule has 3 atom stereocenters. The number of carboxylic acids is 1. The van der Waals surface area contributed by atoms with E-state index in [1.165, 1.54) is 19.1 Å². The summed E-state index contributed by atoms with van der Waals surface area (Å²) in [6.45, 7) is 3.34. The van der Waals surface area contributed by atoms with E-state index in [1.807, 2.05) is 37.3 Å². The standard InChI is InChI=1S/C22H25NO5S/c1-14(17-6-4-3-5-7-17)19(13-29-15(2)24)21(26)23-20(22(27)28)12-16-8-10-18(25)11-9-16/h3-11,14,19-20,25H,12-13H2,1-2H3,(H,23,26)(H,27,28)/t14?,19?,20-/m0/s1. The van der Waals surface area contributed by atoms with Crippen molar-refractivity contribution >= 4 is 28.8 Å². The second-order valence-corrected chi connectivity index (χ2v) is 8.08. The Balaban J connectivity index is 2.17. The summed E-state index contributed by atoms with van der Waals surface area (Å²) in [6, 6.07) is 14.5. The zero-order valence-corrected chi connectivity index (χ0v) is 17.2. The lowest BCUT2D eigenvalue weighted by Crippen LogP contribution is -2.46. The molecule has 154 valence electrons. The van der Waals surface area contributed by atoms with Crippen molar-refractivity contribution in [1.29, 1.82) is 0 Å². The zero-order chi connectivity index (χ0) is 21.4. The van der Waals surface area contributed by atoms with E-state index in [1.54, 1.807) is 12.1 Å². The van der Waals surface area contributed by atoms with Crippen LogP contribution in [-0.4, -0.2) is 39.0 Å². The lowest BCUT2D eigenvalue weighted by molar-refractivity contribution is -0.142. The molecule has 2 aromatic rings. The van der Waals surface area contributed by atoms with E-state index in [2.05, 4.69) is 5.32 Å². The molecule has 2 unspecified atom stereocenters. The van der Waals surface area contributed by atoms with Crippen LogP contribution in [0.3, 0.4) is 0 Å². The van der Waals surface area contributed by atoms with Crippen molar-refractivity contribution in [3.63, 3.8) is 0 Å². The Kier molecular flexibility index (Phi) is 8.27. The molecule has 0 aliphatic carbocycles. The van der Waals surface area contributed by atoms with Gasteiger partial charge in [0, 0.05) is 19.1 Å². The number of benzene rings is 2. The van der Waals surface area contributed by atoms with Gasteiger partial charge in [-0.3, -0.25) is 9.59 Å². The number of carbonyl (C=O) groups excluding carboxylic acids is 2. The largest absolute Gasteiger partial charge is 0.508 e. The number of rotatable bonds is 9. The van der Waals surface area contributed by atoms with Gasteiger partial charge in [0.1, 0.15) is 11.8 Å². The van der Waals surface area contributed by atoms with E-state index < -0.39 is 23.8 Å². The van der Waals surface area contributed by atoms with E-state index in [4.69, 9.17) is 0 Å². The van der Waals surface area contributed by atoms with Crippen LogP contribution in [0.25, 0.3) is 0 Å². The number of amides is 1. The second kappa shape index (κ2) is 10.7. The average Bonchev–Trinajstić information content (AvgIpc) is 2.69. The fourth-order valence-corrected chi connectivity index (χ4v) is 3.84. The molecule has 0 aliphatic heterocycles. The number of nitrogens with one attached hydrogen (secondary N) is 1. The molecule has 0 aromatic heterocycles. The fraction of sp³-hybridized carbons (Fsp3) is 0.318. The Morgan fingerprint density at radius 2 is 1.66 bits per heavy atom. The lowest BCUT2D eigenvalue weighted by Gasteiger charge is -2.25. The van der Waals surface area contributed by atoms with Gasteiger partial charge < -0.3 is 15.5 Å². The number of phenolic OH excluding ortho intramolecular Hbond substituents is 1. The molecule has 0 fully saturated rings. The van der Waals surface area contributed by atoms with Crippen molar-refractivity contribution in [3.8, 4) is 5.75 Å². The number of aromatic hydroxyl groups is 1. The quantitative estimate of drug-likeness (QED) is 0.581. The predicted molar refractivity (Wildman–Crippen MR) is 113 cm³/mol. The number of carbonyl (C=O) groups is 3. The van der Waals surface area contributed by atoms with Gasteiger partial charge in [-0.1, -0.05) is 61.2 Å². The number of hydrogen-bond acceptors (Lipinski definition) is 5. The molecule has 0 saturated heterocycles. The molecule has 29 heavy (non-hydrogen) atoms. The zero-order valence-electron chi connectivity index (χ0n) is 16.4. The predicted octanol–water partition coefficient (Wildman–Crippen LogP) is 3.20. The van der Waals surface area contributed by atoms with Gasteiger partial charge in [0.15, 0.2) is 5.12 Å². The first-order chi connectivity index (χ1) is 13.8. The van der Waals surface area contributed by atoms with Crippen LogP contribution in [-0.2, 0) is 20.8 Å². The van der Waals surface area contributed by atoms with Crippen molar-refractivity contribution in [3.05, 3.63) is 65.7 Å². The van der Waals surface area contributed by atoms with Gasteiger partial charge in [-0.15, -0.1) is 0 Å². The minimum Gasteiger partial charge on any atom is -0.508 e. The molecule has 3 N–H and O–H groups in total. The third kappa shape index (κ3) is 6.94. The Morgan fingerprint density at radius 1 is 1.03 bits per heavy atom. The van der Waals surface area contributed by atoms with E-state index in [0.29, 0.717) is 5.56 Å². The molecule has 0 spiro atoms. The highest BCUT2D eigenvalue weighted by atomic mass is 32.2. The summed E-state index contributed by atoms with van der Waals surface area (Å²) < 4.78 is 0. The van der Waals surface area contributed by atoms with Gasteiger partial charge in [0.05, 0.1) is 5.92 Å². The van der Waals surface area contributed by atoms with Crippen molar-refractivity contribution in [2.75, 3.05) is 5.75 Å². The maximum atomic E-state index is 13.0. The molecule has 2 aromatic carbocycles. The van der Waals surface area contributed by atoms with Crippen LogP contribution in [0.1, 0.15) is 30.9 Å². The Bertz CT molecular complexity index is 838. The van der Waals surface area contributed by atoms with Gasteiger partial charge in [0.25, 0.3) is 0 Å². The van der Waals surface area contributed by atoms with Crippen LogP contribution in [0.5, 0.6) is 5.75 Å². The van der Waals surface area contributed by atoms with Crippen LogP contribution in [0.4, 0.5) is 0 Å². The maximum Gasteiger partial charge on any atom is 0.326 e. The molecular weight excluding hydrogens is 390 g/mol. The van der Waals surface area contributed by atoms with Crippen LogP contribution in [0, 0.1) is 5.92 Å². The average molecular weight is 416 g/mol. The van der Waals surface area contributed by atoms with E-state index >= 15 is 0 Å². The van der Waals surface area contributed by atoms with Gasteiger partial charge >= 0.3 is 5.97 Å². The summed E-state index contributed by atoms with van der Waals surface area (Å²) in [5.74, 6) is -1.94. The minimum atomic E-state index is -1.14. The van der Waals surface area contributed by atoms with Gasteiger partial charge in [-0.25, -0.2) is 4.79 Å². The first-order valence-electron chi connectivity index (χ1n) is 9.27. The monoisotopic (exact) mass is 415 g/mol. The highest BCUT2D eigenvalue weighted by Gasteiger charge is 2.30. The van der Waals surface area contributed by atoms with E-state index in [-0.39, 0.29) is 29.0 Å². The van der Waals surface area contributed by atoms with Crippen molar-refractivity contribution in [1.82, 2.24) is 5.32 Å². The summed E-state index contributed by atoms with van der Waals surface area (Å²) >= 11 is 1.06. The molecule has 0 bridgehead atoms. The molecule has 1 amide bonds. The third-order valence-electron chi connectivity index (χ3n) is 4.72. The van der Waals surface area contributed by atoms with Crippen LogP contribution < -0.4 is 5.32 Å². The highest BCUT2D eigenvalue weighted by Crippen LogP contribution is 2.28. The smallest absolute Gasteiger partial charge is 0.326 e. The molecule has 2 rings (SSSR count). The van der Waals surface area contributed by atoms with Gasteiger partial charge in [0.2, 0.25) is 5.91 Å². The number of thioether (sulfide) groups is 1. The molecular formula is C22H25NO5S. The van der Waals surface area contributed by atoms with Crippen molar-refractivity contribution < 1.29 is 24.6 Å². The first kappa shape index (κ1) is 22.5. The number of hydrogen-bond donors (Lipinski definition) is 3. The van der Waals surface area contributed by atoms with Crippen LogP contribution >= 0.6 is 11.8 Å². The van der Waals surface area contributed by atoms with Gasteiger partial charge in [-0.2, -0.15) is 0 Å². The lowest BCUT2D eigenvalue weighted by atomic mass is 9.88. The number of phenols is 1. The van der Waals surface area contributed by atoms with Crippen LogP contribution in [0.2, 0.25) is 0 Å². The normalized spacial score (nSPS) is 13.9. The summed E-state index contributed by atoms with van der Waals surface area (Å²) in [4.78, 5) is 36.1. The third-order valence-corrected chi connectivity index (χ3v) is 5.65. The number of aliphatic carboxylic acids is 1. The fourth-order valence-electron chi connectivity index (χ4n) is 2.99. The highest BCUT2D eigenvalue weighted by molar-refractivity contribution is 8.13. The second-order valence-electron chi connectivity index (χ2n) is 6.88. The van der Waals surface area contributed by atoms with E-state index in [0.717, 1.165) is 17.3 Å². The summed E-state index contributed by atoms with van der Waals surface area (Å²) in [5.41, 5.74) is 1.63. The SMILES string of the molecule is CC(=O)SCC(C(=O)N[C@@H](Cc1ccc(O)cc1)C(=O)O)C(C)c1ccccc1.